The standard InChI is InChI=1S/C26H38N4O7/c1-14-8-15(2)10-17(9-14)22(23(33)28-13-21(32)36-7)30(19-11-16(19)3)24(34)18(12-20(27)31)29-25(35)37-26(4,5)6/h8-10,16,18-19,22H,11-13H2,1-7H3,(H2,27,31)(H,28,33)(H,29,35). The molecular formula is C26H38N4O7. The van der Waals surface area contributed by atoms with Gasteiger partial charge in [0.25, 0.3) is 0 Å². The van der Waals surface area contributed by atoms with E-state index in [9.17, 15) is 24.0 Å². The third-order valence-electron chi connectivity index (χ3n) is 5.79. The number of alkyl carbamates (subject to hydrolysis) is 1. The molecular weight excluding hydrogens is 480 g/mol. The molecule has 0 heterocycles. The van der Waals surface area contributed by atoms with Gasteiger partial charge in [-0.15, -0.1) is 0 Å². The van der Waals surface area contributed by atoms with Crippen LogP contribution in [0.25, 0.3) is 0 Å². The van der Waals surface area contributed by atoms with Gasteiger partial charge in [0, 0.05) is 6.04 Å². The van der Waals surface area contributed by atoms with E-state index < -0.39 is 53.9 Å². The molecule has 1 aliphatic carbocycles. The highest BCUT2D eigenvalue weighted by Crippen LogP contribution is 2.41. The Morgan fingerprint density at radius 2 is 1.68 bits per heavy atom. The fourth-order valence-electron chi connectivity index (χ4n) is 4.14. The first-order chi connectivity index (χ1) is 17.1. The molecule has 0 radical (unpaired) electrons. The third-order valence-corrected chi connectivity index (χ3v) is 5.79. The van der Waals surface area contributed by atoms with Gasteiger partial charge in [-0.3, -0.25) is 19.2 Å². The van der Waals surface area contributed by atoms with Gasteiger partial charge in [0.15, 0.2) is 0 Å². The van der Waals surface area contributed by atoms with Crippen LogP contribution in [-0.2, 0) is 28.7 Å². The van der Waals surface area contributed by atoms with Crippen LogP contribution in [0.4, 0.5) is 4.79 Å². The van der Waals surface area contributed by atoms with Crippen LogP contribution in [0.3, 0.4) is 0 Å². The summed E-state index contributed by atoms with van der Waals surface area (Å²) in [5, 5.41) is 5.00. The van der Waals surface area contributed by atoms with E-state index in [0.717, 1.165) is 11.1 Å². The number of nitrogens with two attached hydrogens (primary N) is 1. The largest absolute Gasteiger partial charge is 0.468 e. The molecule has 37 heavy (non-hydrogen) atoms. The number of esters is 1. The molecule has 1 aliphatic rings. The number of amides is 4. The van der Waals surface area contributed by atoms with Crippen molar-refractivity contribution in [3.8, 4) is 0 Å². The van der Waals surface area contributed by atoms with Crippen LogP contribution in [0.15, 0.2) is 18.2 Å². The third kappa shape index (κ3) is 8.76. The van der Waals surface area contributed by atoms with E-state index in [1.165, 1.54) is 12.0 Å². The lowest BCUT2D eigenvalue weighted by molar-refractivity contribution is -0.146. The molecule has 1 aromatic rings. The second kappa shape index (κ2) is 12.1. The molecule has 2 rings (SSSR count). The Labute approximate surface area is 217 Å². The van der Waals surface area contributed by atoms with Gasteiger partial charge >= 0.3 is 12.1 Å². The second-order valence-corrected chi connectivity index (χ2v) is 10.5. The Morgan fingerprint density at radius 3 is 2.14 bits per heavy atom. The summed E-state index contributed by atoms with van der Waals surface area (Å²) in [6.07, 6.45) is -0.763. The van der Waals surface area contributed by atoms with Gasteiger partial charge < -0.3 is 30.7 Å². The van der Waals surface area contributed by atoms with Crippen molar-refractivity contribution in [3.63, 3.8) is 0 Å². The van der Waals surface area contributed by atoms with Crippen LogP contribution < -0.4 is 16.4 Å². The van der Waals surface area contributed by atoms with Crippen molar-refractivity contribution < 1.29 is 33.4 Å². The fourth-order valence-corrected chi connectivity index (χ4v) is 4.14. The normalized spacial score (nSPS) is 18.1. The van der Waals surface area contributed by atoms with E-state index in [2.05, 4.69) is 15.4 Å². The molecule has 4 N–H and O–H groups in total. The highest BCUT2D eigenvalue weighted by atomic mass is 16.6. The average molecular weight is 519 g/mol. The monoisotopic (exact) mass is 518 g/mol. The Bertz CT molecular complexity index is 1030. The number of carbonyl (C=O) groups is 5. The van der Waals surface area contributed by atoms with Gasteiger partial charge in [0.1, 0.15) is 24.2 Å². The summed E-state index contributed by atoms with van der Waals surface area (Å²) >= 11 is 0. The van der Waals surface area contributed by atoms with Crippen molar-refractivity contribution in [2.75, 3.05) is 13.7 Å². The Morgan fingerprint density at radius 1 is 1.11 bits per heavy atom. The van der Waals surface area contributed by atoms with E-state index in [-0.39, 0.29) is 18.5 Å². The highest BCUT2D eigenvalue weighted by molar-refractivity contribution is 5.95. The number of rotatable bonds is 10. The van der Waals surface area contributed by atoms with Crippen LogP contribution in [0.2, 0.25) is 0 Å². The zero-order valence-corrected chi connectivity index (χ0v) is 22.5. The first kappa shape index (κ1) is 29.6. The van der Waals surface area contributed by atoms with Crippen molar-refractivity contribution in [2.45, 2.75) is 78.1 Å². The number of hydrogen-bond donors (Lipinski definition) is 3. The molecule has 0 aromatic heterocycles. The maximum absolute atomic E-state index is 14.0. The number of methoxy groups -OCH3 is 1. The number of carbonyl (C=O) groups excluding carboxylic acids is 5. The lowest BCUT2D eigenvalue weighted by Crippen LogP contribution is -2.55. The van der Waals surface area contributed by atoms with E-state index in [0.29, 0.717) is 12.0 Å². The lowest BCUT2D eigenvalue weighted by Gasteiger charge is -2.35. The quantitative estimate of drug-likeness (QED) is 0.397. The Kier molecular flexibility index (Phi) is 9.66. The lowest BCUT2D eigenvalue weighted by atomic mass is 9.97. The minimum absolute atomic E-state index is 0.0708. The highest BCUT2D eigenvalue weighted by Gasteiger charge is 2.48. The van der Waals surface area contributed by atoms with Gasteiger partial charge in [0.05, 0.1) is 13.5 Å². The van der Waals surface area contributed by atoms with Crippen LogP contribution in [0, 0.1) is 19.8 Å². The van der Waals surface area contributed by atoms with Crippen molar-refractivity contribution in [3.05, 3.63) is 34.9 Å². The topological polar surface area (TPSA) is 157 Å². The van der Waals surface area contributed by atoms with Crippen LogP contribution in [-0.4, -0.2) is 66.0 Å². The minimum Gasteiger partial charge on any atom is -0.468 e. The Hall–Kier alpha value is -3.63. The summed E-state index contributed by atoms with van der Waals surface area (Å²) in [4.78, 5) is 65.0. The molecule has 11 heteroatoms. The SMILES string of the molecule is COC(=O)CNC(=O)C(c1cc(C)cc(C)c1)N(C(=O)C(CC(N)=O)NC(=O)OC(C)(C)C)C1CC1C. The van der Waals surface area contributed by atoms with Crippen LogP contribution in [0.5, 0.6) is 0 Å². The van der Waals surface area contributed by atoms with Crippen molar-refractivity contribution in [1.29, 1.82) is 0 Å². The molecule has 0 aliphatic heterocycles. The van der Waals surface area contributed by atoms with E-state index in [1.54, 1.807) is 32.9 Å². The van der Waals surface area contributed by atoms with Crippen molar-refractivity contribution in [2.24, 2.45) is 11.7 Å². The van der Waals surface area contributed by atoms with E-state index >= 15 is 0 Å². The minimum atomic E-state index is -1.36. The average Bonchev–Trinajstić information content (AvgIpc) is 3.47. The predicted molar refractivity (Wildman–Crippen MR) is 135 cm³/mol. The number of aryl methyl sites for hydroxylation is 2. The summed E-state index contributed by atoms with van der Waals surface area (Å²) in [6.45, 7) is 10.3. The first-order valence-electron chi connectivity index (χ1n) is 12.2. The Balaban J connectivity index is 2.53. The molecule has 1 fully saturated rings. The number of primary amides is 1. The summed E-state index contributed by atoms with van der Waals surface area (Å²) < 4.78 is 9.90. The molecule has 0 spiro atoms. The molecule has 1 saturated carbocycles. The van der Waals surface area contributed by atoms with Crippen molar-refractivity contribution in [1.82, 2.24) is 15.5 Å². The summed E-state index contributed by atoms with van der Waals surface area (Å²) in [5.74, 6) is -2.64. The number of nitrogens with one attached hydrogen (secondary N) is 2. The smallest absolute Gasteiger partial charge is 0.408 e. The van der Waals surface area contributed by atoms with Gasteiger partial charge in [-0.1, -0.05) is 36.2 Å². The van der Waals surface area contributed by atoms with Gasteiger partial charge in [-0.05, 0) is 52.5 Å². The van der Waals surface area contributed by atoms with Gasteiger partial charge in [0.2, 0.25) is 17.7 Å². The number of nitrogens with zero attached hydrogens (tertiary/aromatic N) is 1. The molecule has 4 unspecified atom stereocenters. The zero-order valence-electron chi connectivity index (χ0n) is 22.5. The van der Waals surface area contributed by atoms with Gasteiger partial charge in [-0.2, -0.15) is 0 Å². The zero-order chi connectivity index (χ0) is 28.1. The molecule has 204 valence electrons. The van der Waals surface area contributed by atoms with Crippen molar-refractivity contribution >= 4 is 29.8 Å². The maximum atomic E-state index is 14.0. The molecule has 1 aromatic carbocycles. The number of benzene rings is 1. The second-order valence-electron chi connectivity index (χ2n) is 10.5. The number of hydrogen-bond acceptors (Lipinski definition) is 7. The summed E-state index contributed by atoms with van der Waals surface area (Å²) in [7, 11) is 1.20. The molecule has 0 saturated heterocycles. The van der Waals surface area contributed by atoms with Crippen LogP contribution >= 0.6 is 0 Å². The number of ether oxygens (including phenoxy) is 2. The fraction of sp³-hybridized carbons (Fsp3) is 0.577. The molecule has 4 atom stereocenters. The van der Waals surface area contributed by atoms with E-state index in [1.807, 2.05) is 26.8 Å². The predicted octanol–water partition coefficient (Wildman–Crippen LogP) is 1.64. The molecule has 0 bridgehead atoms. The molecule has 11 nitrogen and oxygen atoms in total. The maximum Gasteiger partial charge on any atom is 0.408 e. The van der Waals surface area contributed by atoms with Crippen LogP contribution in [0.1, 0.15) is 63.3 Å². The van der Waals surface area contributed by atoms with Gasteiger partial charge in [-0.25, -0.2) is 4.79 Å². The van der Waals surface area contributed by atoms with E-state index in [4.69, 9.17) is 10.5 Å². The first-order valence-corrected chi connectivity index (χ1v) is 12.2. The molecule has 4 amide bonds. The summed E-state index contributed by atoms with van der Waals surface area (Å²) in [5.41, 5.74) is 6.84. The summed E-state index contributed by atoms with van der Waals surface area (Å²) in [6, 6.07) is 2.67.